The van der Waals surface area contributed by atoms with Crippen molar-refractivity contribution in [3.8, 4) is 45.4 Å². The van der Waals surface area contributed by atoms with Gasteiger partial charge in [0, 0.05) is 66.1 Å². The van der Waals surface area contributed by atoms with Gasteiger partial charge in [0.1, 0.15) is 5.69 Å². The predicted molar refractivity (Wildman–Crippen MR) is 184 cm³/mol. The number of halogens is 2. The molecule has 2 aromatic heterocycles. The fraction of sp³-hybridized carbons (Fsp3) is 0.389. The monoisotopic (exact) mass is 675 g/mol. The van der Waals surface area contributed by atoms with Crippen molar-refractivity contribution in [2.75, 3.05) is 27.4 Å². The van der Waals surface area contributed by atoms with E-state index in [1.165, 1.54) is 0 Å². The molecule has 2 aliphatic rings. The summed E-state index contributed by atoms with van der Waals surface area (Å²) in [7, 11) is 3.23. The Balaban J connectivity index is 1.22. The topological polar surface area (TPSA) is 107 Å². The molecule has 1 amide bonds. The molecule has 4 aromatic rings. The highest BCUT2D eigenvalue weighted by Gasteiger charge is 2.22. The first-order valence-electron chi connectivity index (χ1n) is 16.1. The molecule has 2 fully saturated rings. The molecule has 0 bridgehead atoms. The van der Waals surface area contributed by atoms with Gasteiger partial charge in [-0.25, -0.2) is 9.97 Å². The van der Waals surface area contributed by atoms with E-state index in [4.69, 9.17) is 52.4 Å². The fourth-order valence-electron chi connectivity index (χ4n) is 6.23. The SMILES string of the molecule is COc1nc(-c2cccc(-c3cccc(-c4cnc(CCC[C@@H]5CCC(=O)N5)c(OC)n4)c3Cl)c2Cl)ccc1CNC1CCOCC1. The zero-order chi connectivity index (χ0) is 32.8. The van der Waals surface area contributed by atoms with E-state index < -0.39 is 0 Å². The molecule has 2 saturated heterocycles. The summed E-state index contributed by atoms with van der Waals surface area (Å²) < 4.78 is 16.8. The molecule has 2 aliphatic heterocycles. The van der Waals surface area contributed by atoms with E-state index in [0.29, 0.717) is 58.6 Å². The van der Waals surface area contributed by atoms with E-state index in [9.17, 15) is 4.79 Å². The van der Waals surface area contributed by atoms with Gasteiger partial charge >= 0.3 is 0 Å². The van der Waals surface area contributed by atoms with Gasteiger partial charge in [-0.15, -0.1) is 0 Å². The Labute approximate surface area is 285 Å². The van der Waals surface area contributed by atoms with Crippen molar-refractivity contribution in [2.24, 2.45) is 0 Å². The Morgan fingerprint density at radius 1 is 0.872 bits per heavy atom. The Morgan fingerprint density at radius 3 is 2.19 bits per heavy atom. The summed E-state index contributed by atoms with van der Waals surface area (Å²) in [6.45, 7) is 2.23. The molecule has 9 nitrogen and oxygen atoms in total. The molecule has 2 N–H and O–H groups in total. The smallest absolute Gasteiger partial charge is 0.235 e. The lowest BCUT2D eigenvalue weighted by Gasteiger charge is -2.23. The van der Waals surface area contributed by atoms with Crippen LogP contribution in [-0.2, 0) is 22.5 Å². The largest absolute Gasteiger partial charge is 0.481 e. The number of rotatable bonds is 12. The molecule has 6 rings (SSSR count). The Hall–Kier alpha value is -3.76. The maximum absolute atomic E-state index is 11.5. The van der Waals surface area contributed by atoms with Gasteiger partial charge in [0.05, 0.1) is 41.8 Å². The number of nitrogens with one attached hydrogen (secondary N) is 2. The summed E-state index contributed by atoms with van der Waals surface area (Å²) in [5.41, 5.74) is 6.10. The normalized spacial score (nSPS) is 16.7. The van der Waals surface area contributed by atoms with Crippen LogP contribution < -0.4 is 20.1 Å². The average Bonchev–Trinajstić information content (AvgIpc) is 3.52. The summed E-state index contributed by atoms with van der Waals surface area (Å²) >= 11 is 14.2. The average molecular weight is 677 g/mol. The molecule has 0 aliphatic carbocycles. The van der Waals surface area contributed by atoms with Crippen molar-refractivity contribution in [2.45, 2.75) is 63.6 Å². The number of aromatic nitrogens is 3. The Morgan fingerprint density at radius 2 is 1.53 bits per heavy atom. The fourth-order valence-corrected chi connectivity index (χ4v) is 6.88. The number of methoxy groups -OCH3 is 2. The van der Waals surface area contributed by atoms with Crippen molar-refractivity contribution >= 4 is 29.1 Å². The minimum absolute atomic E-state index is 0.129. The van der Waals surface area contributed by atoms with Crippen molar-refractivity contribution < 1.29 is 19.0 Å². The summed E-state index contributed by atoms with van der Waals surface area (Å²) in [4.78, 5) is 25.8. The molecule has 4 heterocycles. The van der Waals surface area contributed by atoms with Crippen molar-refractivity contribution in [1.29, 1.82) is 0 Å². The van der Waals surface area contributed by atoms with Crippen molar-refractivity contribution in [3.05, 3.63) is 76.0 Å². The van der Waals surface area contributed by atoms with Crippen LogP contribution in [0.25, 0.3) is 33.6 Å². The van der Waals surface area contributed by atoms with Gasteiger partial charge in [-0.2, -0.15) is 0 Å². The van der Waals surface area contributed by atoms with E-state index in [1.54, 1.807) is 20.4 Å². The van der Waals surface area contributed by atoms with E-state index >= 15 is 0 Å². The second-order valence-electron chi connectivity index (χ2n) is 11.9. The third-order valence-electron chi connectivity index (χ3n) is 8.83. The van der Waals surface area contributed by atoms with Crippen LogP contribution in [0.2, 0.25) is 10.0 Å². The maximum Gasteiger partial charge on any atom is 0.235 e. The van der Waals surface area contributed by atoms with Gasteiger partial charge in [0.15, 0.2) is 0 Å². The summed E-state index contributed by atoms with van der Waals surface area (Å²) in [6, 6.07) is 16.3. The lowest BCUT2D eigenvalue weighted by Crippen LogP contribution is -2.34. The standard InChI is InChI=1S/C36H39Cl2N5O4/c1-45-35-22(20-39-23-16-18-47-19-17-23)12-14-29(42-35)27-9-4-7-25(33(27)37)26-8-5-10-28(34(26)38)31-21-40-30(36(43-31)46-2)11-3-6-24-13-15-32(44)41-24/h4-5,7-10,12,14,21,23-24,39H,3,6,11,13,15-20H2,1-2H3,(H,41,44)/t24-/m1/s1. The van der Waals surface area contributed by atoms with E-state index in [2.05, 4.69) is 10.6 Å². The van der Waals surface area contributed by atoms with Gasteiger partial charge in [-0.3, -0.25) is 9.78 Å². The first-order valence-corrected chi connectivity index (χ1v) is 16.8. The maximum atomic E-state index is 11.5. The number of carbonyl (C=O) groups is 1. The zero-order valence-corrected chi connectivity index (χ0v) is 28.2. The van der Waals surface area contributed by atoms with Crippen molar-refractivity contribution in [3.63, 3.8) is 0 Å². The highest BCUT2D eigenvalue weighted by molar-refractivity contribution is 6.39. The van der Waals surface area contributed by atoms with Crippen LogP contribution in [0, 0.1) is 0 Å². The van der Waals surface area contributed by atoms with Crippen molar-refractivity contribution in [1.82, 2.24) is 25.6 Å². The van der Waals surface area contributed by atoms with Crippen LogP contribution in [0.5, 0.6) is 11.8 Å². The molecule has 2 aromatic carbocycles. The molecular formula is C36H39Cl2N5O4. The quantitative estimate of drug-likeness (QED) is 0.164. The van der Waals surface area contributed by atoms with Gasteiger partial charge < -0.3 is 24.8 Å². The predicted octanol–water partition coefficient (Wildman–Crippen LogP) is 7.07. The summed E-state index contributed by atoms with van der Waals surface area (Å²) in [5, 5.41) is 7.66. The third kappa shape index (κ3) is 7.70. The molecule has 246 valence electrons. The summed E-state index contributed by atoms with van der Waals surface area (Å²) in [5.74, 6) is 1.15. The van der Waals surface area contributed by atoms with Crippen LogP contribution in [0.4, 0.5) is 0 Å². The molecule has 0 spiro atoms. The van der Waals surface area contributed by atoms with Gasteiger partial charge in [-0.1, -0.05) is 65.7 Å². The molecule has 1 atom stereocenters. The van der Waals surface area contributed by atoms with Crippen LogP contribution in [0.15, 0.2) is 54.7 Å². The second-order valence-corrected chi connectivity index (χ2v) is 12.6. The second kappa shape index (κ2) is 15.4. The number of hydrogen-bond acceptors (Lipinski definition) is 8. The van der Waals surface area contributed by atoms with Crippen LogP contribution in [0.1, 0.15) is 49.8 Å². The number of benzene rings is 2. The Bertz CT molecular complexity index is 1730. The number of hydrogen-bond donors (Lipinski definition) is 2. The molecule has 11 heteroatoms. The van der Waals surface area contributed by atoms with E-state index in [0.717, 1.165) is 78.8 Å². The van der Waals surface area contributed by atoms with Crippen LogP contribution in [-0.4, -0.2) is 60.4 Å². The van der Waals surface area contributed by atoms with Crippen LogP contribution in [0.3, 0.4) is 0 Å². The highest BCUT2D eigenvalue weighted by atomic mass is 35.5. The molecule has 0 unspecified atom stereocenters. The van der Waals surface area contributed by atoms with Gasteiger partial charge in [0.25, 0.3) is 0 Å². The zero-order valence-electron chi connectivity index (χ0n) is 26.7. The number of pyridine rings is 1. The number of aryl methyl sites for hydroxylation is 1. The molecule has 0 radical (unpaired) electrons. The minimum Gasteiger partial charge on any atom is -0.481 e. The first-order chi connectivity index (χ1) is 22.9. The number of amides is 1. The first kappa shape index (κ1) is 33.2. The highest BCUT2D eigenvalue weighted by Crippen LogP contribution is 2.42. The third-order valence-corrected chi connectivity index (χ3v) is 9.64. The number of ether oxygens (including phenoxy) is 3. The molecule has 0 saturated carbocycles. The molecular weight excluding hydrogens is 637 g/mol. The van der Waals surface area contributed by atoms with E-state index in [-0.39, 0.29) is 11.9 Å². The minimum atomic E-state index is 0.129. The molecule has 47 heavy (non-hydrogen) atoms. The number of carbonyl (C=O) groups excluding carboxylic acids is 1. The van der Waals surface area contributed by atoms with Gasteiger partial charge in [0.2, 0.25) is 17.7 Å². The van der Waals surface area contributed by atoms with E-state index in [1.807, 2.05) is 48.5 Å². The van der Waals surface area contributed by atoms with Crippen LogP contribution >= 0.6 is 23.2 Å². The lowest BCUT2D eigenvalue weighted by atomic mass is 9.98. The summed E-state index contributed by atoms with van der Waals surface area (Å²) in [6.07, 6.45) is 7.67. The lowest BCUT2D eigenvalue weighted by molar-refractivity contribution is -0.119. The number of nitrogens with zero attached hydrogens (tertiary/aromatic N) is 3. The van der Waals surface area contributed by atoms with Gasteiger partial charge in [-0.05, 0) is 44.6 Å². The Kier molecular flexibility index (Phi) is 10.9.